The first-order valence-corrected chi connectivity index (χ1v) is 5.62. The quantitative estimate of drug-likeness (QED) is 0.775. The zero-order valence-corrected chi connectivity index (χ0v) is 10.5. The molecule has 1 N–H and O–H groups in total. The van der Waals surface area contributed by atoms with Crippen LogP contribution in [-0.2, 0) is 10.2 Å². The topological polar surface area (TPSA) is 21.3 Å². The first kappa shape index (κ1) is 14.1. The third-order valence-electron chi connectivity index (χ3n) is 2.69. The van der Waals surface area contributed by atoms with Gasteiger partial charge >= 0.3 is 0 Å². The molecule has 0 saturated heterocycles. The largest absolute Gasteiger partial charge is 0.383 e. The van der Waals surface area contributed by atoms with Gasteiger partial charge in [-0.25, -0.2) is 8.78 Å². The van der Waals surface area contributed by atoms with Crippen LogP contribution in [0.25, 0.3) is 0 Å². The molecule has 0 aliphatic heterocycles. The normalized spacial score (nSPS) is 11.8. The Bertz CT molecular complexity index is 346. The lowest BCUT2D eigenvalue weighted by Gasteiger charge is -2.26. The monoisotopic (exact) mass is 243 g/mol. The molecule has 2 nitrogen and oxygen atoms in total. The fraction of sp³-hybridized carbons (Fsp3) is 0.538. The van der Waals surface area contributed by atoms with Gasteiger partial charge in [0.25, 0.3) is 0 Å². The summed E-state index contributed by atoms with van der Waals surface area (Å²) in [5, 5.41) is 3.19. The number of rotatable bonds is 6. The maximum Gasteiger partial charge on any atom is 0.126 e. The molecule has 0 radical (unpaired) electrons. The molecule has 1 aromatic carbocycles. The minimum Gasteiger partial charge on any atom is -0.383 e. The first-order chi connectivity index (χ1) is 7.95. The Hall–Kier alpha value is -1.00. The standard InChI is InChI=1S/C13H19F2NO/c1-13(2,9-16-4-5-17-3)10-6-11(14)8-12(15)7-10/h6-8,16H,4-5,9H2,1-3H3. The van der Waals surface area contributed by atoms with Gasteiger partial charge in [-0.1, -0.05) is 13.8 Å². The van der Waals surface area contributed by atoms with Gasteiger partial charge in [0.2, 0.25) is 0 Å². The van der Waals surface area contributed by atoms with Crippen molar-refractivity contribution in [1.82, 2.24) is 5.32 Å². The summed E-state index contributed by atoms with van der Waals surface area (Å²) in [4.78, 5) is 0. The lowest BCUT2D eigenvalue weighted by Crippen LogP contribution is -2.34. The van der Waals surface area contributed by atoms with E-state index in [2.05, 4.69) is 5.32 Å². The maximum absolute atomic E-state index is 13.1. The minimum atomic E-state index is -0.537. The van der Waals surface area contributed by atoms with Crippen molar-refractivity contribution in [3.63, 3.8) is 0 Å². The summed E-state index contributed by atoms with van der Waals surface area (Å²) in [5.74, 6) is -1.07. The van der Waals surface area contributed by atoms with Crippen LogP contribution in [0.4, 0.5) is 8.78 Å². The van der Waals surface area contributed by atoms with Gasteiger partial charge in [0.05, 0.1) is 6.61 Å². The molecular formula is C13H19F2NO. The summed E-state index contributed by atoms with van der Waals surface area (Å²) in [6.45, 7) is 5.87. The lowest BCUT2D eigenvalue weighted by molar-refractivity contribution is 0.197. The predicted octanol–water partition coefficient (Wildman–Crippen LogP) is 2.48. The van der Waals surface area contributed by atoms with E-state index in [1.165, 1.54) is 12.1 Å². The average Bonchev–Trinajstić information content (AvgIpc) is 2.23. The molecule has 0 bridgehead atoms. The van der Waals surface area contributed by atoms with Gasteiger partial charge in [0, 0.05) is 31.7 Å². The van der Waals surface area contributed by atoms with E-state index in [0.29, 0.717) is 18.7 Å². The zero-order valence-electron chi connectivity index (χ0n) is 10.5. The molecule has 0 atom stereocenters. The highest BCUT2D eigenvalue weighted by Gasteiger charge is 2.21. The van der Waals surface area contributed by atoms with Crippen molar-refractivity contribution in [3.05, 3.63) is 35.4 Å². The summed E-state index contributed by atoms with van der Waals surface area (Å²) in [6, 6.07) is 3.64. The number of benzene rings is 1. The number of methoxy groups -OCH3 is 1. The van der Waals surface area contributed by atoms with E-state index in [0.717, 1.165) is 12.6 Å². The molecule has 0 aliphatic rings. The maximum atomic E-state index is 13.1. The van der Waals surface area contributed by atoms with Gasteiger partial charge in [-0.3, -0.25) is 0 Å². The minimum absolute atomic E-state index is 0.323. The lowest BCUT2D eigenvalue weighted by atomic mass is 9.84. The van der Waals surface area contributed by atoms with Gasteiger partial charge in [-0.2, -0.15) is 0 Å². The average molecular weight is 243 g/mol. The second-order valence-corrected chi connectivity index (χ2v) is 4.71. The van der Waals surface area contributed by atoms with Gasteiger partial charge in [-0.05, 0) is 17.7 Å². The van der Waals surface area contributed by atoms with Crippen molar-refractivity contribution < 1.29 is 13.5 Å². The molecule has 0 amide bonds. The highest BCUT2D eigenvalue weighted by Crippen LogP contribution is 2.23. The zero-order chi connectivity index (χ0) is 12.9. The van der Waals surface area contributed by atoms with Crippen molar-refractivity contribution in [2.24, 2.45) is 0 Å². The number of hydrogen-bond donors (Lipinski definition) is 1. The molecule has 96 valence electrons. The molecule has 0 fully saturated rings. The molecule has 1 aromatic rings. The van der Waals surface area contributed by atoms with Crippen LogP contribution in [0.2, 0.25) is 0 Å². The van der Waals surface area contributed by atoms with E-state index < -0.39 is 11.6 Å². The third kappa shape index (κ3) is 4.40. The molecule has 17 heavy (non-hydrogen) atoms. The van der Waals surface area contributed by atoms with Gasteiger partial charge in [-0.15, -0.1) is 0 Å². The van der Waals surface area contributed by atoms with Crippen molar-refractivity contribution in [3.8, 4) is 0 Å². The molecule has 0 spiro atoms. The Morgan fingerprint density at radius 2 is 1.76 bits per heavy atom. The smallest absolute Gasteiger partial charge is 0.126 e. The van der Waals surface area contributed by atoms with Crippen LogP contribution in [0.15, 0.2) is 18.2 Å². The van der Waals surface area contributed by atoms with Crippen LogP contribution in [0, 0.1) is 11.6 Å². The van der Waals surface area contributed by atoms with Gasteiger partial charge in [0.1, 0.15) is 11.6 Å². The van der Waals surface area contributed by atoms with Crippen LogP contribution in [0.3, 0.4) is 0 Å². The van der Waals surface area contributed by atoms with Crippen LogP contribution in [-0.4, -0.2) is 26.8 Å². The molecular weight excluding hydrogens is 224 g/mol. The van der Waals surface area contributed by atoms with Crippen LogP contribution < -0.4 is 5.32 Å². The molecule has 0 saturated carbocycles. The number of nitrogens with one attached hydrogen (secondary N) is 1. The first-order valence-electron chi connectivity index (χ1n) is 5.62. The fourth-order valence-electron chi connectivity index (χ4n) is 1.62. The Morgan fingerprint density at radius 3 is 2.29 bits per heavy atom. The second kappa shape index (κ2) is 6.07. The molecule has 0 heterocycles. The Labute approximate surface area is 101 Å². The summed E-state index contributed by atoms with van der Waals surface area (Å²) in [6.07, 6.45) is 0. The highest BCUT2D eigenvalue weighted by atomic mass is 19.1. The van der Waals surface area contributed by atoms with Crippen molar-refractivity contribution in [2.45, 2.75) is 19.3 Å². The molecule has 0 aromatic heterocycles. The summed E-state index contributed by atoms with van der Waals surface area (Å²) in [5.41, 5.74) is 0.330. The highest BCUT2D eigenvalue weighted by molar-refractivity contribution is 5.25. The predicted molar refractivity (Wildman–Crippen MR) is 64.1 cm³/mol. The SMILES string of the molecule is COCCNCC(C)(C)c1cc(F)cc(F)c1. The van der Waals surface area contributed by atoms with Crippen molar-refractivity contribution in [2.75, 3.05) is 26.8 Å². The summed E-state index contributed by atoms with van der Waals surface area (Å²) >= 11 is 0. The van der Waals surface area contributed by atoms with Crippen LogP contribution >= 0.6 is 0 Å². The van der Waals surface area contributed by atoms with Crippen molar-refractivity contribution >= 4 is 0 Å². The van der Waals surface area contributed by atoms with Gasteiger partial charge in [0.15, 0.2) is 0 Å². The van der Waals surface area contributed by atoms with E-state index >= 15 is 0 Å². The summed E-state index contributed by atoms with van der Waals surface area (Å²) in [7, 11) is 1.63. The molecule has 0 aliphatic carbocycles. The van der Waals surface area contributed by atoms with E-state index in [9.17, 15) is 8.78 Å². The number of halogens is 2. The van der Waals surface area contributed by atoms with Gasteiger partial charge < -0.3 is 10.1 Å². The van der Waals surface area contributed by atoms with E-state index in [1.807, 2.05) is 13.8 Å². The Balaban J connectivity index is 2.67. The Kier molecular flexibility index (Phi) is 5.02. The van der Waals surface area contributed by atoms with Crippen LogP contribution in [0.1, 0.15) is 19.4 Å². The summed E-state index contributed by atoms with van der Waals surface area (Å²) < 4.78 is 31.2. The third-order valence-corrected chi connectivity index (χ3v) is 2.69. The van der Waals surface area contributed by atoms with E-state index in [4.69, 9.17) is 4.74 Å². The van der Waals surface area contributed by atoms with Crippen molar-refractivity contribution in [1.29, 1.82) is 0 Å². The molecule has 4 heteroatoms. The second-order valence-electron chi connectivity index (χ2n) is 4.71. The number of ether oxygens (including phenoxy) is 1. The van der Waals surface area contributed by atoms with E-state index in [1.54, 1.807) is 7.11 Å². The van der Waals surface area contributed by atoms with E-state index in [-0.39, 0.29) is 5.41 Å². The van der Waals surface area contributed by atoms with Crippen LogP contribution in [0.5, 0.6) is 0 Å². The molecule has 0 unspecified atom stereocenters. The molecule has 1 rings (SSSR count). The number of hydrogen-bond acceptors (Lipinski definition) is 2. The Morgan fingerprint density at radius 1 is 1.18 bits per heavy atom. The fourth-order valence-corrected chi connectivity index (χ4v) is 1.62.